The van der Waals surface area contributed by atoms with Crippen LogP contribution in [0.25, 0.3) is 0 Å². The molecule has 0 saturated carbocycles. The standard InChI is InChI=1S/C15H22BrClO/c1-12(2)11-18-8-7-14(10-16)9-13-3-5-15(17)6-4-13/h3-6,12,14H,7-11H2,1-2H3. The van der Waals surface area contributed by atoms with Gasteiger partial charge in [-0.3, -0.25) is 0 Å². The Labute approximate surface area is 124 Å². The maximum absolute atomic E-state index is 5.88. The molecule has 0 amide bonds. The minimum Gasteiger partial charge on any atom is -0.381 e. The molecule has 0 bridgehead atoms. The first kappa shape index (κ1) is 16.0. The Hall–Kier alpha value is -0.0500. The Kier molecular flexibility index (Phi) is 7.96. The Morgan fingerprint density at radius 3 is 2.44 bits per heavy atom. The number of halogens is 2. The highest BCUT2D eigenvalue weighted by Gasteiger charge is 2.08. The summed E-state index contributed by atoms with van der Waals surface area (Å²) in [5.74, 6) is 1.24. The van der Waals surface area contributed by atoms with Gasteiger partial charge in [-0.2, -0.15) is 0 Å². The smallest absolute Gasteiger partial charge is 0.0488 e. The first-order valence-electron chi connectivity index (χ1n) is 6.50. The lowest BCUT2D eigenvalue weighted by molar-refractivity contribution is 0.0998. The second-order valence-electron chi connectivity index (χ2n) is 5.11. The highest BCUT2D eigenvalue weighted by molar-refractivity contribution is 9.09. The average molecular weight is 334 g/mol. The Morgan fingerprint density at radius 1 is 1.22 bits per heavy atom. The van der Waals surface area contributed by atoms with Crippen molar-refractivity contribution in [2.45, 2.75) is 26.7 Å². The second-order valence-corrected chi connectivity index (χ2v) is 6.19. The molecular weight excluding hydrogens is 312 g/mol. The summed E-state index contributed by atoms with van der Waals surface area (Å²) in [4.78, 5) is 0. The third-order valence-electron chi connectivity index (χ3n) is 2.78. The number of ether oxygens (including phenoxy) is 1. The highest BCUT2D eigenvalue weighted by Crippen LogP contribution is 2.17. The molecule has 0 aliphatic heterocycles. The molecule has 0 aromatic heterocycles. The average Bonchev–Trinajstić information content (AvgIpc) is 2.35. The molecule has 0 N–H and O–H groups in total. The lowest BCUT2D eigenvalue weighted by Gasteiger charge is -2.15. The van der Waals surface area contributed by atoms with Gasteiger partial charge in [0.05, 0.1) is 0 Å². The van der Waals surface area contributed by atoms with Gasteiger partial charge < -0.3 is 4.74 Å². The summed E-state index contributed by atoms with van der Waals surface area (Å²) in [6, 6.07) is 8.12. The van der Waals surface area contributed by atoms with E-state index < -0.39 is 0 Å². The first-order valence-corrected chi connectivity index (χ1v) is 8.00. The van der Waals surface area contributed by atoms with Gasteiger partial charge >= 0.3 is 0 Å². The molecule has 1 unspecified atom stereocenters. The van der Waals surface area contributed by atoms with Crippen LogP contribution in [0.4, 0.5) is 0 Å². The van der Waals surface area contributed by atoms with Crippen LogP contribution in [0.1, 0.15) is 25.8 Å². The van der Waals surface area contributed by atoms with Crippen LogP contribution in [0, 0.1) is 11.8 Å². The zero-order valence-corrected chi connectivity index (χ0v) is 13.5. The van der Waals surface area contributed by atoms with Gasteiger partial charge in [-0.1, -0.05) is 53.5 Å². The quantitative estimate of drug-likeness (QED) is 0.483. The van der Waals surface area contributed by atoms with Crippen LogP contribution in [-0.4, -0.2) is 18.5 Å². The van der Waals surface area contributed by atoms with Gasteiger partial charge in [0, 0.05) is 23.6 Å². The van der Waals surface area contributed by atoms with Crippen molar-refractivity contribution in [1.29, 1.82) is 0 Å². The zero-order valence-electron chi connectivity index (χ0n) is 11.2. The van der Waals surface area contributed by atoms with E-state index in [1.165, 1.54) is 5.56 Å². The van der Waals surface area contributed by atoms with Crippen LogP contribution >= 0.6 is 27.5 Å². The summed E-state index contributed by atoms with van der Waals surface area (Å²) in [5, 5.41) is 1.81. The third-order valence-corrected chi connectivity index (χ3v) is 3.95. The largest absolute Gasteiger partial charge is 0.381 e. The summed E-state index contributed by atoms with van der Waals surface area (Å²) in [6.07, 6.45) is 2.17. The number of rotatable bonds is 8. The van der Waals surface area contributed by atoms with E-state index in [0.29, 0.717) is 11.8 Å². The molecule has 0 aliphatic rings. The van der Waals surface area contributed by atoms with Gasteiger partial charge in [0.15, 0.2) is 0 Å². The van der Waals surface area contributed by atoms with Gasteiger partial charge in [-0.25, -0.2) is 0 Å². The van der Waals surface area contributed by atoms with Crippen molar-refractivity contribution in [3.05, 3.63) is 34.9 Å². The molecule has 1 rings (SSSR count). The van der Waals surface area contributed by atoms with Crippen LogP contribution in [0.2, 0.25) is 5.02 Å². The van der Waals surface area contributed by atoms with Gasteiger partial charge in [-0.05, 0) is 42.4 Å². The van der Waals surface area contributed by atoms with Crippen LogP contribution in [0.15, 0.2) is 24.3 Å². The first-order chi connectivity index (χ1) is 8.61. The van der Waals surface area contributed by atoms with Gasteiger partial charge in [0.25, 0.3) is 0 Å². The number of alkyl halides is 1. The molecule has 1 aromatic carbocycles. The van der Waals surface area contributed by atoms with E-state index in [1.807, 2.05) is 12.1 Å². The number of hydrogen-bond acceptors (Lipinski definition) is 1. The summed E-state index contributed by atoms with van der Waals surface area (Å²) in [5.41, 5.74) is 1.34. The fraction of sp³-hybridized carbons (Fsp3) is 0.600. The molecule has 1 nitrogen and oxygen atoms in total. The molecule has 1 atom stereocenters. The van der Waals surface area contributed by atoms with Crippen molar-refractivity contribution >= 4 is 27.5 Å². The van der Waals surface area contributed by atoms with Gasteiger partial charge in [0.2, 0.25) is 0 Å². The predicted octanol–water partition coefficient (Wildman–Crippen LogP) is 4.96. The lowest BCUT2D eigenvalue weighted by atomic mass is 9.98. The third kappa shape index (κ3) is 6.77. The summed E-state index contributed by atoms with van der Waals surface area (Å²) >= 11 is 9.47. The molecule has 3 heteroatoms. The molecule has 0 aliphatic carbocycles. The Bertz CT molecular complexity index is 324. The normalized spacial score (nSPS) is 12.9. The van der Waals surface area contributed by atoms with E-state index in [1.54, 1.807) is 0 Å². The highest BCUT2D eigenvalue weighted by atomic mass is 79.9. The van der Waals surface area contributed by atoms with Gasteiger partial charge in [0.1, 0.15) is 0 Å². The minimum atomic E-state index is 0.615. The van der Waals surface area contributed by atoms with Crippen molar-refractivity contribution in [3.63, 3.8) is 0 Å². The van der Waals surface area contributed by atoms with E-state index >= 15 is 0 Å². The molecule has 18 heavy (non-hydrogen) atoms. The van der Waals surface area contributed by atoms with E-state index in [0.717, 1.165) is 36.4 Å². The van der Waals surface area contributed by atoms with E-state index in [9.17, 15) is 0 Å². The summed E-state index contributed by atoms with van der Waals surface area (Å²) in [7, 11) is 0. The molecule has 0 spiro atoms. The molecule has 0 saturated heterocycles. The van der Waals surface area contributed by atoms with Crippen molar-refractivity contribution in [2.24, 2.45) is 11.8 Å². The van der Waals surface area contributed by atoms with Crippen LogP contribution in [-0.2, 0) is 11.2 Å². The van der Waals surface area contributed by atoms with Gasteiger partial charge in [-0.15, -0.1) is 0 Å². The molecule has 0 radical (unpaired) electrons. The van der Waals surface area contributed by atoms with Crippen molar-refractivity contribution in [3.8, 4) is 0 Å². The second kappa shape index (κ2) is 8.95. The summed E-state index contributed by atoms with van der Waals surface area (Å²) < 4.78 is 5.64. The van der Waals surface area contributed by atoms with Crippen LogP contribution < -0.4 is 0 Å². The maximum atomic E-state index is 5.88. The van der Waals surface area contributed by atoms with Crippen LogP contribution in [0.5, 0.6) is 0 Å². The maximum Gasteiger partial charge on any atom is 0.0488 e. The SMILES string of the molecule is CC(C)COCCC(CBr)Cc1ccc(Cl)cc1. The molecule has 102 valence electrons. The Morgan fingerprint density at radius 2 is 1.89 bits per heavy atom. The fourth-order valence-electron chi connectivity index (χ4n) is 1.76. The Balaban J connectivity index is 2.30. The fourth-order valence-corrected chi connectivity index (χ4v) is 2.44. The minimum absolute atomic E-state index is 0.615. The monoisotopic (exact) mass is 332 g/mol. The lowest BCUT2D eigenvalue weighted by Crippen LogP contribution is -2.11. The molecular formula is C15H22BrClO. The summed E-state index contributed by atoms with van der Waals surface area (Å²) in [6.45, 7) is 6.06. The van der Waals surface area contributed by atoms with Crippen molar-refractivity contribution in [2.75, 3.05) is 18.5 Å². The molecule has 1 aromatic rings. The molecule has 0 fully saturated rings. The van der Waals surface area contributed by atoms with Crippen molar-refractivity contribution in [1.82, 2.24) is 0 Å². The van der Waals surface area contributed by atoms with Crippen molar-refractivity contribution < 1.29 is 4.74 Å². The zero-order chi connectivity index (χ0) is 13.4. The number of benzene rings is 1. The predicted molar refractivity (Wildman–Crippen MR) is 82.7 cm³/mol. The van der Waals surface area contributed by atoms with E-state index in [-0.39, 0.29) is 0 Å². The van der Waals surface area contributed by atoms with E-state index in [2.05, 4.69) is 41.9 Å². The van der Waals surface area contributed by atoms with E-state index in [4.69, 9.17) is 16.3 Å². The number of hydrogen-bond donors (Lipinski definition) is 0. The molecule has 0 heterocycles. The topological polar surface area (TPSA) is 9.23 Å². The van der Waals surface area contributed by atoms with Crippen LogP contribution in [0.3, 0.4) is 0 Å².